The number of hydrogen-bond donors (Lipinski definition) is 0. The number of ether oxygens (including phenoxy) is 1. The van der Waals surface area contributed by atoms with E-state index in [0.29, 0.717) is 30.6 Å². The number of unbranched alkanes of at least 4 members (excludes halogenated alkanes) is 8. The maximum Gasteiger partial charge on any atom is 0.143 e. The van der Waals surface area contributed by atoms with E-state index in [0.717, 1.165) is 63.7 Å². The quantitative estimate of drug-likeness (QED) is 0.155. The summed E-state index contributed by atoms with van der Waals surface area (Å²) >= 11 is 0. The fourth-order valence-electron chi connectivity index (χ4n) is 6.57. The van der Waals surface area contributed by atoms with Gasteiger partial charge in [0.2, 0.25) is 0 Å². The zero-order valence-electron chi connectivity index (χ0n) is 24.0. The Morgan fingerprint density at radius 1 is 0.757 bits per heavy atom. The van der Waals surface area contributed by atoms with Crippen molar-refractivity contribution in [1.29, 1.82) is 0 Å². The third kappa shape index (κ3) is 10.6. The largest absolute Gasteiger partial charge is 0.494 e. The normalized spacial score (nSPS) is 24.2. The third-order valence-corrected chi connectivity index (χ3v) is 9.05. The van der Waals surface area contributed by atoms with Gasteiger partial charge in [-0.05, 0) is 80.4 Å². The zero-order valence-corrected chi connectivity index (χ0v) is 24.0. The Bertz CT molecular complexity index is 775. The van der Waals surface area contributed by atoms with Gasteiger partial charge in [-0.1, -0.05) is 90.2 Å². The molecule has 0 radical (unpaired) electrons. The van der Waals surface area contributed by atoms with Crippen LogP contribution in [-0.4, -0.2) is 18.2 Å². The first-order valence-electron chi connectivity index (χ1n) is 15.9. The lowest BCUT2D eigenvalue weighted by molar-refractivity contribution is -0.136. The number of carbonyl (C=O) groups excluding carboxylic acids is 2. The first-order valence-corrected chi connectivity index (χ1v) is 15.9. The first kappa shape index (κ1) is 29.9. The molecular weight excluding hydrogens is 456 g/mol. The van der Waals surface area contributed by atoms with Crippen LogP contribution in [-0.2, 0) is 9.59 Å². The van der Waals surface area contributed by atoms with Crippen LogP contribution in [0.2, 0.25) is 0 Å². The van der Waals surface area contributed by atoms with Crippen molar-refractivity contribution in [3.63, 3.8) is 0 Å². The SMILES string of the molecule is CCCCCCCCCOc1ccc(C2CCC(CC(=O)C3CCC(CCCCC)CC3=O)CC2)cc1. The molecule has 0 bridgehead atoms. The number of rotatable bonds is 17. The molecule has 2 saturated carbocycles. The predicted molar refractivity (Wildman–Crippen MR) is 154 cm³/mol. The van der Waals surface area contributed by atoms with Gasteiger partial charge in [0, 0.05) is 12.8 Å². The maximum absolute atomic E-state index is 13.0. The predicted octanol–water partition coefficient (Wildman–Crippen LogP) is 9.61. The van der Waals surface area contributed by atoms with Gasteiger partial charge in [0.15, 0.2) is 0 Å². The summed E-state index contributed by atoms with van der Waals surface area (Å²) in [7, 11) is 0. The minimum atomic E-state index is -0.297. The molecule has 37 heavy (non-hydrogen) atoms. The lowest BCUT2D eigenvalue weighted by atomic mass is 9.73. The van der Waals surface area contributed by atoms with E-state index in [1.54, 1.807) is 0 Å². The molecule has 2 aliphatic carbocycles. The van der Waals surface area contributed by atoms with Gasteiger partial charge in [-0.3, -0.25) is 9.59 Å². The molecule has 0 spiro atoms. The van der Waals surface area contributed by atoms with Crippen LogP contribution in [0.15, 0.2) is 24.3 Å². The number of benzene rings is 1. The molecule has 0 N–H and O–H groups in total. The van der Waals surface area contributed by atoms with Crippen LogP contribution in [0.1, 0.15) is 147 Å². The first-order chi connectivity index (χ1) is 18.1. The van der Waals surface area contributed by atoms with Crippen molar-refractivity contribution < 1.29 is 14.3 Å². The van der Waals surface area contributed by atoms with Crippen LogP contribution in [0.3, 0.4) is 0 Å². The second-order valence-corrected chi connectivity index (χ2v) is 12.1. The summed E-state index contributed by atoms with van der Waals surface area (Å²) in [5.41, 5.74) is 1.41. The van der Waals surface area contributed by atoms with Gasteiger partial charge in [0.1, 0.15) is 17.3 Å². The molecule has 0 saturated heterocycles. The van der Waals surface area contributed by atoms with E-state index in [9.17, 15) is 9.59 Å². The van der Waals surface area contributed by atoms with Gasteiger partial charge in [-0.15, -0.1) is 0 Å². The topological polar surface area (TPSA) is 43.4 Å². The Morgan fingerprint density at radius 3 is 2.05 bits per heavy atom. The molecule has 0 heterocycles. The number of ketones is 2. The standard InChI is InChI=1S/C34H54O3/c1-3-5-7-8-9-10-12-24-37-31-21-19-30(20-22-31)29-17-14-28(15-18-29)26-34(36)32-23-16-27(25-33(32)35)13-11-6-4-2/h19-22,27-29,32H,3-18,23-26H2,1-2H3. The number of hydrogen-bond acceptors (Lipinski definition) is 3. The minimum Gasteiger partial charge on any atom is -0.494 e. The zero-order chi connectivity index (χ0) is 26.3. The monoisotopic (exact) mass is 510 g/mol. The Labute approximate surface area is 227 Å². The number of Topliss-reactive ketones (excluding diaryl/α,β-unsaturated/α-hetero) is 2. The van der Waals surface area contributed by atoms with E-state index >= 15 is 0 Å². The van der Waals surface area contributed by atoms with Crippen LogP contribution in [0, 0.1) is 17.8 Å². The number of carbonyl (C=O) groups is 2. The molecule has 0 amide bonds. The van der Waals surface area contributed by atoms with Crippen LogP contribution in [0.5, 0.6) is 5.75 Å². The van der Waals surface area contributed by atoms with Crippen LogP contribution in [0.25, 0.3) is 0 Å². The van der Waals surface area contributed by atoms with Gasteiger partial charge < -0.3 is 4.74 Å². The van der Waals surface area contributed by atoms with Gasteiger partial charge in [0.25, 0.3) is 0 Å². The van der Waals surface area contributed by atoms with Crippen LogP contribution >= 0.6 is 0 Å². The summed E-state index contributed by atoms with van der Waals surface area (Å²) in [6.07, 6.45) is 21.6. The second kappa shape index (κ2) is 17.0. The summed E-state index contributed by atoms with van der Waals surface area (Å²) in [5, 5.41) is 0. The summed E-state index contributed by atoms with van der Waals surface area (Å²) < 4.78 is 5.97. The molecule has 1 aromatic rings. The summed E-state index contributed by atoms with van der Waals surface area (Å²) in [6, 6.07) is 8.76. The highest BCUT2D eigenvalue weighted by Gasteiger charge is 2.34. The highest BCUT2D eigenvalue weighted by Crippen LogP contribution is 2.39. The third-order valence-electron chi connectivity index (χ3n) is 9.05. The Hall–Kier alpha value is -1.64. The van der Waals surface area contributed by atoms with Crippen LogP contribution < -0.4 is 4.74 Å². The fraction of sp³-hybridized carbons (Fsp3) is 0.765. The smallest absolute Gasteiger partial charge is 0.143 e. The average molecular weight is 511 g/mol. The van der Waals surface area contributed by atoms with Gasteiger partial charge in [-0.2, -0.15) is 0 Å². The summed E-state index contributed by atoms with van der Waals surface area (Å²) in [5.74, 6) is 2.74. The molecule has 2 aliphatic rings. The van der Waals surface area contributed by atoms with E-state index in [2.05, 4.69) is 38.1 Å². The molecule has 2 atom stereocenters. The van der Waals surface area contributed by atoms with E-state index < -0.39 is 0 Å². The van der Waals surface area contributed by atoms with Crippen molar-refractivity contribution in [1.82, 2.24) is 0 Å². The highest BCUT2D eigenvalue weighted by molar-refractivity contribution is 6.02. The summed E-state index contributed by atoms with van der Waals surface area (Å²) in [6.45, 7) is 5.30. The van der Waals surface area contributed by atoms with Crippen LogP contribution in [0.4, 0.5) is 0 Å². The molecule has 0 aromatic heterocycles. The van der Waals surface area contributed by atoms with Crippen molar-refractivity contribution in [3.05, 3.63) is 29.8 Å². The fourth-order valence-corrected chi connectivity index (χ4v) is 6.57. The van der Waals surface area contributed by atoms with Gasteiger partial charge in [0.05, 0.1) is 12.5 Å². The maximum atomic E-state index is 13.0. The highest BCUT2D eigenvalue weighted by atomic mass is 16.5. The molecule has 2 fully saturated rings. The van der Waals surface area contributed by atoms with Gasteiger partial charge in [-0.25, -0.2) is 0 Å². The molecule has 3 heteroatoms. The summed E-state index contributed by atoms with van der Waals surface area (Å²) in [4.78, 5) is 25.7. The molecular formula is C34H54O3. The van der Waals surface area contributed by atoms with Crippen molar-refractivity contribution in [2.24, 2.45) is 17.8 Å². The van der Waals surface area contributed by atoms with Gasteiger partial charge >= 0.3 is 0 Å². The Kier molecular flexibility index (Phi) is 13.8. The average Bonchev–Trinajstić information content (AvgIpc) is 2.91. The minimum absolute atomic E-state index is 0.237. The molecule has 3 rings (SSSR count). The van der Waals surface area contributed by atoms with Crippen molar-refractivity contribution in [2.75, 3.05) is 6.61 Å². The van der Waals surface area contributed by atoms with E-state index in [-0.39, 0.29) is 17.5 Å². The molecule has 1 aromatic carbocycles. The Balaban J connectivity index is 1.31. The van der Waals surface area contributed by atoms with E-state index in [1.165, 1.54) is 63.4 Å². The molecule has 3 nitrogen and oxygen atoms in total. The van der Waals surface area contributed by atoms with E-state index in [4.69, 9.17) is 4.74 Å². The second-order valence-electron chi connectivity index (χ2n) is 12.1. The Morgan fingerprint density at radius 2 is 1.38 bits per heavy atom. The lowest BCUT2D eigenvalue weighted by Crippen LogP contribution is -2.32. The lowest BCUT2D eigenvalue weighted by Gasteiger charge is -2.31. The molecule has 2 unspecified atom stereocenters. The van der Waals surface area contributed by atoms with E-state index in [1.807, 2.05) is 0 Å². The molecule has 208 valence electrons. The van der Waals surface area contributed by atoms with Crippen molar-refractivity contribution in [2.45, 2.75) is 142 Å². The molecule has 0 aliphatic heterocycles. The van der Waals surface area contributed by atoms with Crippen molar-refractivity contribution in [3.8, 4) is 5.75 Å². The van der Waals surface area contributed by atoms with Crippen molar-refractivity contribution >= 4 is 11.6 Å².